The van der Waals surface area contributed by atoms with Crippen LogP contribution in [0.1, 0.15) is 46.5 Å². The van der Waals surface area contributed by atoms with Crippen LogP contribution in [0.15, 0.2) is 0 Å². The number of carboxylic acids is 1. The fourth-order valence-electron chi connectivity index (χ4n) is 2.52. The molecule has 1 rings (SSSR count). The molecule has 19 heavy (non-hydrogen) atoms. The highest BCUT2D eigenvalue weighted by Crippen LogP contribution is 2.20. The Bertz CT molecular complexity index is 408. The first-order valence-electron chi connectivity index (χ1n) is 6.76. The van der Waals surface area contributed by atoms with Gasteiger partial charge in [0.05, 0.1) is 0 Å². The Morgan fingerprint density at radius 1 is 1.37 bits per heavy atom. The van der Waals surface area contributed by atoms with E-state index < -0.39 is 22.2 Å². The number of hydrogen-bond acceptors (Lipinski definition) is 3. The maximum absolute atomic E-state index is 12.2. The van der Waals surface area contributed by atoms with Crippen molar-refractivity contribution < 1.29 is 18.3 Å². The molecule has 0 aromatic heterocycles. The molecule has 1 fully saturated rings. The van der Waals surface area contributed by atoms with E-state index in [-0.39, 0.29) is 12.6 Å². The standard InChI is InChI=1S/C12H24N2O4S/c1-9(2)8-10(3)13-19(17,18)14-7-5-4-6-11(14)12(15)16/h9-11,13H,4-8H2,1-3H3,(H,15,16). The SMILES string of the molecule is CC(C)CC(C)NS(=O)(=O)N1CCCCC1C(=O)O. The lowest BCUT2D eigenvalue weighted by Gasteiger charge is -2.33. The third-order valence-corrected chi connectivity index (χ3v) is 4.98. The first-order chi connectivity index (χ1) is 8.74. The molecule has 0 saturated carbocycles. The maximum atomic E-state index is 12.2. The second-order valence-corrected chi connectivity index (χ2v) is 7.27. The Balaban J connectivity index is 2.76. The summed E-state index contributed by atoms with van der Waals surface area (Å²) in [5.74, 6) is -0.684. The summed E-state index contributed by atoms with van der Waals surface area (Å²) in [6.45, 7) is 6.12. The van der Waals surface area contributed by atoms with Gasteiger partial charge in [-0.2, -0.15) is 17.4 Å². The van der Waals surface area contributed by atoms with Crippen molar-refractivity contribution in [3.63, 3.8) is 0 Å². The van der Waals surface area contributed by atoms with E-state index in [1.165, 1.54) is 0 Å². The zero-order valence-corrected chi connectivity index (χ0v) is 12.6. The lowest BCUT2D eigenvalue weighted by molar-refractivity contribution is -0.142. The van der Waals surface area contributed by atoms with E-state index in [9.17, 15) is 13.2 Å². The monoisotopic (exact) mass is 292 g/mol. The molecule has 2 N–H and O–H groups in total. The van der Waals surface area contributed by atoms with Crippen molar-refractivity contribution >= 4 is 16.2 Å². The van der Waals surface area contributed by atoms with Crippen LogP contribution in [0, 0.1) is 5.92 Å². The lowest BCUT2D eigenvalue weighted by Crippen LogP contribution is -2.53. The van der Waals surface area contributed by atoms with Crippen molar-refractivity contribution in [1.82, 2.24) is 9.03 Å². The summed E-state index contributed by atoms with van der Waals surface area (Å²) in [5, 5.41) is 9.12. The number of piperidine rings is 1. The van der Waals surface area contributed by atoms with Gasteiger partial charge in [0.25, 0.3) is 10.2 Å². The van der Waals surface area contributed by atoms with Crippen LogP contribution in [0.25, 0.3) is 0 Å². The molecule has 1 aliphatic rings. The van der Waals surface area contributed by atoms with E-state index in [2.05, 4.69) is 4.72 Å². The number of carbonyl (C=O) groups is 1. The topological polar surface area (TPSA) is 86.7 Å². The molecule has 1 aliphatic heterocycles. The predicted octanol–water partition coefficient (Wildman–Crippen LogP) is 1.19. The number of rotatable bonds is 6. The fourth-order valence-corrected chi connectivity index (χ4v) is 4.16. The number of carboxylic acid groups (broad SMARTS) is 1. The Morgan fingerprint density at radius 2 is 2.00 bits per heavy atom. The average molecular weight is 292 g/mol. The number of nitrogens with zero attached hydrogens (tertiary/aromatic N) is 1. The van der Waals surface area contributed by atoms with E-state index in [0.29, 0.717) is 18.8 Å². The molecule has 0 bridgehead atoms. The van der Waals surface area contributed by atoms with Crippen molar-refractivity contribution in [2.75, 3.05) is 6.54 Å². The first kappa shape index (κ1) is 16.4. The Hall–Kier alpha value is -0.660. The van der Waals surface area contributed by atoms with Gasteiger partial charge < -0.3 is 5.11 Å². The summed E-state index contributed by atoms with van der Waals surface area (Å²) in [5.41, 5.74) is 0. The Labute approximate surface area is 115 Å². The molecule has 0 radical (unpaired) electrons. The molecule has 1 heterocycles. The van der Waals surface area contributed by atoms with Crippen LogP contribution in [0.5, 0.6) is 0 Å². The van der Waals surface area contributed by atoms with Gasteiger partial charge in [-0.3, -0.25) is 4.79 Å². The largest absolute Gasteiger partial charge is 0.480 e. The molecule has 7 heteroatoms. The first-order valence-corrected chi connectivity index (χ1v) is 8.20. The average Bonchev–Trinajstić information content (AvgIpc) is 2.26. The van der Waals surface area contributed by atoms with Crippen LogP contribution in [0.2, 0.25) is 0 Å². The van der Waals surface area contributed by atoms with E-state index in [0.717, 1.165) is 17.1 Å². The van der Waals surface area contributed by atoms with Gasteiger partial charge in [-0.1, -0.05) is 13.8 Å². The van der Waals surface area contributed by atoms with Crippen LogP contribution < -0.4 is 4.72 Å². The third kappa shape index (κ3) is 4.74. The van der Waals surface area contributed by atoms with Gasteiger partial charge in [0.2, 0.25) is 0 Å². The van der Waals surface area contributed by atoms with E-state index in [1.807, 2.05) is 13.8 Å². The third-order valence-electron chi connectivity index (χ3n) is 3.22. The van der Waals surface area contributed by atoms with Crippen molar-refractivity contribution in [2.45, 2.75) is 58.5 Å². The smallest absolute Gasteiger partial charge is 0.322 e. The highest BCUT2D eigenvalue weighted by molar-refractivity contribution is 7.87. The molecule has 1 saturated heterocycles. The molecule has 6 nitrogen and oxygen atoms in total. The molecule has 0 aromatic rings. The zero-order chi connectivity index (χ0) is 14.6. The van der Waals surface area contributed by atoms with Crippen LogP contribution >= 0.6 is 0 Å². The normalized spacial score (nSPS) is 23.5. The molecule has 0 spiro atoms. The predicted molar refractivity (Wildman–Crippen MR) is 73.0 cm³/mol. The second kappa shape index (κ2) is 6.67. The summed E-state index contributed by atoms with van der Waals surface area (Å²) in [4.78, 5) is 11.1. The summed E-state index contributed by atoms with van der Waals surface area (Å²) in [7, 11) is -3.72. The molecule has 2 atom stereocenters. The van der Waals surface area contributed by atoms with Gasteiger partial charge in [0.15, 0.2) is 0 Å². The van der Waals surface area contributed by atoms with Gasteiger partial charge in [0.1, 0.15) is 6.04 Å². The van der Waals surface area contributed by atoms with Gasteiger partial charge in [-0.05, 0) is 38.5 Å². The van der Waals surface area contributed by atoms with E-state index >= 15 is 0 Å². The molecule has 0 aromatic carbocycles. The Kier molecular flexibility index (Phi) is 5.76. The van der Waals surface area contributed by atoms with Crippen molar-refractivity contribution in [1.29, 1.82) is 0 Å². The summed E-state index contributed by atoms with van der Waals surface area (Å²) >= 11 is 0. The van der Waals surface area contributed by atoms with Gasteiger partial charge in [-0.25, -0.2) is 0 Å². The quantitative estimate of drug-likeness (QED) is 0.770. The van der Waals surface area contributed by atoms with Crippen molar-refractivity contribution in [3.05, 3.63) is 0 Å². The van der Waals surface area contributed by atoms with Crippen LogP contribution in [-0.2, 0) is 15.0 Å². The lowest BCUT2D eigenvalue weighted by atomic mass is 10.1. The highest BCUT2D eigenvalue weighted by Gasteiger charge is 2.37. The molecule has 0 aliphatic carbocycles. The highest BCUT2D eigenvalue weighted by atomic mass is 32.2. The summed E-state index contributed by atoms with van der Waals surface area (Å²) in [6, 6.07) is -1.13. The fraction of sp³-hybridized carbons (Fsp3) is 0.917. The van der Waals surface area contributed by atoms with Crippen molar-refractivity contribution in [2.24, 2.45) is 5.92 Å². The van der Waals surface area contributed by atoms with Gasteiger partial charge in [-0.15, -0.1) is 0 Å². The summed E-state index contributed by atoms with van der Waals surface area (Å²) in [6.07, 6.45) is 2.58. The zero-order valence-electron chi connectivity index (χ0n) is 11.8. The molecule has 2 unspecified atom stereocenters. The number of aliphatic carboxylic acids is 1. The summed E-state index contributed by atoms with van der Waals surface area (Å²) < 4.78 is 28.2. The maximum Gasteiger partial charge on any atom is 0.322 e. The minimum Gasteiger partial charge on any atom is -0.480 e. The molecule has 0 amide bonds. The minimum absolute atomic E-state index is 0.193. The van der Waals surface area contributed by atoms with Crippen LogP contribution in [0.4, 0.5) is 0 Å². The van der Waals surface area contributed by atoms with Gasteiger partial charge in [0, 0.05) is 12.6 Å². The number of hydrogen-bond donors (Lipinski definition) is 2. The number of nitrogens with one attached hydrogen (secondary N) is 1. The second-order valence-electron chi connectivity index (χ2n) is 5.61. The van der Waals surface area contributed by atoms with Crippen molar-refractivity contribution in [3.8, 4) is 0 Å². The van der Waals surface area contributed by atoms with Crippen LogP contribution in [-0.4, -0.2) is 42.4 Å². The van der Waals surface area contributed by atoms with E-state index in [1.54, 1.807) is 6.92 Å². The molecule has 112 valence electrons. The van der Waals surface area contributed by atoms with Crippen LogP contribution in [0.3, 0.4) is 0 Å². The Morgan fingerprint density at radius 3 is 2.53 bits per heavy atom. The molecular formula is C12H24N2O4S. The minimum atomic E-state index is -3.72. The van der Waals surface area contributed by atoms with E-state index in [4.69, 9.17) is 5.11 Å². The van der Waals surface area contributed by atoms with Gasteiger partial charge >= 0.3 is 5.97 Å². The molecular weight excluding hydrogens is 268 g/mol.